The number of amides is 1. The summed E-state index contributed by atoms with van der Waals surface area (Å²) in [4.78, 5) is 21.2. The molecule has 0 bridgehead atoms. The third kappa shape index (κ3) is 7.68. The van der Waals surface area contributed by atoms with Gasteiger partial charge < -0.3 is 15.5 Å². The lowest BCUT2D eigenvalue weighted by Crippen LogP contribution is -2.44. The molecule has 2 N–H and O–H groups in total. The first-order valence-electron chi connectivity index (χ1n) is 11.2. The Morgan fingerprint density at radius 3 is 2.41 bits per heavy atom. The molecule has 1 unspecified atom stereocenters. The van der Waals surface area contributed by atoms with E-state index < -0.39 is 0 Å². The molecule has 1 atom stereocenters. The third-order valence-electron chi connectivity index (χ3n) is 5.73. The molecule has 156 valence electrons. The van der Waals surface area contributed by atoms with Gasteiger partial charge in [-0.3, -0.25) is 14.7 Å². The second-order valence-corrected chi connectivity index (χ2v) is 8.25. The molecule has 2 saturated heterocycles. The van der Waals surface area contributed by atoms with Crippen LogP contribution in [0.1, 0.15) is 65.7 Å². The van der Waals surface area contributed by atoms with Crippen LogP contribution in [0.4, 0.5) is 0 Å². The highest BCUT2D eigenvalue weighted by atomic mass is 16.2. The number of carbonyl (C=O) groups excluding carboxylic acids is 1. The molecule has 2 rings (SSSR count). The van der Waals surface area contributed by atoms with Crippen LogP contribution in [0, 0.1) is 5.92 Å². The van der Waals surface area contributed by atoms with Crippen molar-refractivity contribution < 1.29 is 4.79 Å². The number of carbonyl (C=O) groups is 1. The van der Waals surface area contributed by atoms with E-state index in [4.69, 9.17) is 4.99 Å². The maximum absolute atomic E-state index is 11.7. The van der Waals surface area contributed by atoms with Crippen LogP contribution in [0.25, 0.3) is 0 Å². The highest BCUT2D eigenvalue weighted by molar-refractivity contribution is 5.79. The summed E-state index contributed by atoms with van der Waals surface area (Å²) >= 11 is 0. The zero-order chi connectivity index (χ0) is 19.5. The van der Waals surface area contributed by atoms with E-state index in [1.54, 1.807) is 0 Å². The van der Waals surface area contributed by atoms with E-state index in [1.807, 2.05) is 4.90 Å². The molecular weight excluding hydrogens is 338 g/mol. The zero-order valence-electron chi connectivity index (χ0n) is 17.8. The SMILES string of the molecule is CCNC(=NCC(C(C)C)N1CCCCCC1)NCCCN1CCCC1=O. The minimum atomic E-state index is 0.313. The summed E-state index contributed by atoms with van der Waals surface area (Å²) in [5.41, 5.74) is 0. The van der Waals surface area contributed by atoms with Crippen molar-refractivity contribution in [3.8, 4) is 0 Å². The fourth-order valence-corrected chi connectivity index (χ4v) is 4.12. The molecule has 0 aromatic rings. The van der Waals surface area contributed by atoms with E-state index in [9.17, 15) is 4.79 Å². The Bertz CT molecular complexity index is 457. The Balaban J connectivity index is 1.81. The lowest BCUT2D eigenvalue weighted by molar-refractivity contribution is -0.127. The van der Waals surface area contributed by atoms with E-state index in [-0.39, 0.29) is 0 Å². The van der Waals surface area contributed by atoms with Gasteiger partial charge in [-0.25, -0.2) is 0 Å². The van der Waals surface area contributed by atoms with Crippen molar-refractivity contribution in [3.63, 3.8) is 0 Å². The molecule has 1 amide bonds. The van der Waals surface area contributed by atoms with Crippen LogP contribution in [-0.4, -0.2) is 73.5 Å². The normalized spacial score (nSPS) is 20.8. The fraction of sp³-hybridized carbons (Fsp3) is 0.905. The lowest BCUT2D eigenvalue weighted by atomic mass is 10.0. The number of nitrogens with zero attached hydrogens (tertiary/aromatic N) is 3. The summed E-state index contributed by atoms with van der Waals surface area (Å²) in [6.45, 7) is 13.5. The highest BCUT2D eigenvalue weighted by Gasteiger charge is 2.22. The predicted molar refractivity (Wildman–Crippen MR) is 113 cm³/mol. The summed E-state index contributed by atoms with van der Waals surface area (Å²) in [7, 11) is 0. The Kier molecular flexibility index (Phi) is 9.95. The molecule has 27 heavy (non-hydrogen) atoms. The van der Waals surface area contributed by atoms with Gasteiger partial charge in [-0.2, -0.15) is 0 Å². The first kappa shape index (κ1) is 22.0. The van der Waals surface area contributed by atoms with Crippen LogP contribution in [0.5, 0.6) is 0 Å². The number of guanidine groups is 1. The molecule has 0 spiro atoms. The number of likely N-dealkylation sites (tertiary alicyclic amines) is 2. The van der Waals surface area contributed by atoms with Gasteiger partial charge in [0.15, 0.2) is 5.96 Å². The molecule has 6 heteroatoms. The van der Waals surface area contributed by atoms with Crippen molar-refractivity contribution in [3.05, 3.63) is 0 Å². The molecule has 2 aliphatic rings. The van der Waals surface area contributed by atoms with E-state index in [0.29, 0.717) is 17.9 Å². The predicted octanol–water partition coefficient (Wildman–Crippen LogP) is 2.45. The Morgan fingerprint density at radius 1 is 1.07 bits per heavy atom. The van der Waals surface area contributed by atoms with Crippen LogP contribution in [-0.2, 0) is 4.79 Å². The highest BCUT2D eigenvalue weighted by Crippen LogP contribution is 2.17. The molecule has 0 aromatic heterocycles. The van der Waals surface area contributed by atoms with E-state index in [1.165, 1.54) is 38.8 Å². The summed E-state index contributed by atoms with van der Waals surface area (Å²) in [5.74, 6) is 1.83. The van der Waals surface area contributed by atoms with Gasteiger partial charge in [0.25, 0.3) is 0 Å². The van der Waals surface area contributed by atoms with Crippen molar-refractivity contribution >= 4 is 11.9 Å². The number of rotatable bonds is 9. The quantitative estimate of drug-likeness (QED) is 0.367. The molecule has 2 aliphatic heterocycles. The first-order valence-corrected chi connectivity index (χ1v) is 11.2. The van der Waals surface area contributed by atoms with Gasteiger partial charge in [0, 0.05) is 38.6 Å². The number of hydrogen-bond acceptors (Lipinski definition) is 3. The van der Waals surface area contributed by atoms with E-state index >= 15 is 0 Å². The van der Waals surface area contributed by atoms with Crippen LogP contribution < -0.4 is 10.6 Å². The average molecular weight is 380 g/mol. The fourth-order valence-electron chi connectivity index (χ4n) is 4.12. The minimum absolute atomic E-state index is 0.313. The molecule has 6 nitrogen and oxygen atoms in total. The van der Waals surface area contributed by atoms with Crippen LogP contribution >= 0.6 is 0 Å². The van der Waals surface area contributed by atoms with Gasteiger partial charge in [-0.05, 0) is 51.6 Å². The number of aliphatic imine (C=N–C) groups is 1. The molecule has 0 aliphatic carbocycles. The van der Waals surface area contributed by atoms with Gasteiger partial charge >= 0.3 is 0 Å². The standard InChI is InChI=1S/C21H41N5O/c1-4-22-21(23-12-10-16-26-15-9-11-20(26)27)24-17-19(18(2)3)25-13-7-5-6-8-14-25/h18-19H,4-17H2,1-3H3,(H2,22,23,24). The summed E-state index contributed by atoms with van der Waals surface area (Å²) in [6.07, 6.45) is 8.09. The minimum Gasteiger partial charge on any atom is -0.357 e. The van der Waals surface area contributed by atoms with Gasteiger partial charge in [-0.1, -0.05) is 26.7 Å². The van der Waals surface area contributed by atoms with Gasteiger partial charge in [0.2, 0.25) is 5.91 Å². The van der Waals surface area contributed by atoms with Crippen molar-refractivity contribution in [1.82, 2.24) is 20.4 Å². The van der Waals surface area contributed by atoms with Crippen molar-refractivity contribution in [1.29, 1.82) is 0 Å². The van der Waals surface area contributed by atoms with Gasteiger partial charge in [0.05, 0.1) is 6.54 Å². The molecule has 2 heterocycles. The largest absolute Gasteiger partial charge is 0.357 e. The van der Waals surface area contributed by atoms with Crippen molar-refractivity contribution in [2.75, 3.05) is 45.8 Å². The Hall–Kier alpha value is -1.30. The van der Waals surface area contributed by atoms with Crippen LogP contribution in [0.2, 0.25) is 0 Å². The third-order valence-corrected chi connectivity index (χ3v) is 5.73. The summed E-state index contributed by atoms with van der Waals surface area (Å²) in [5, 5.41) is 6.82. The summed E-state index contributed by atoms with van der Waals surface area (Å²) in [6, 6.07) is 0.515. The monoisotopic (exact) mass is 379 g/mol. The van der Waals surface area contributed by atoms with Gasteiger partial charge in [-0.15, -0.1) is 0 Å². The lowest BCUT2D eigenvalue weighted by Gasteiger charge is -2.32. The molecular formula is C21H41N5O. The average Bonchev–Trinajstić information content (AvgIpc) is 2.88. The first-order chi connectivity index (χ1) is 13.1. The van der Waals surface area contributed by atoms with Crippen molar-refractivity contribution in [2.45, 2.75) is 71.8 Å². The molecule has 0 saturated carbocycles. The van der Waals surface area contributed by atoms with Crippen LogP contribution in [0.15, 0.2) is 4.99 Å². The maximum atomic E-state index is 11.7. The topological polar surface area (TPSA) is 60.0 Å². The van der Waals surface area contributed by atoms with E-state index in [2.05, 4.69) is 36.3 Å². The van der Waals surface area contributed by atoms with Crippen LogP contribution in [0.3, 0.4) is 0 Å². The molecule has 0 radical (unpaired) electrons. The molecule has 0 aromatic carbocycles. The maximum Gasteiger partial charge on any atom is 0.222 e. The zero-order valence-corrected chi connectivity index (χ0v) is 17.8. The number of nitrogens with one attached hydrogen (secondary N) is 2. The van der Waals surface area contributed by atoms with E-state index in [0.717, 1.165) is 57.9 Å². The molecule has 2 fully saturated rings. The smallest absolute Gasteiger partial charge is 0.222 e. The Morgan fingerprint density at radius 2 is 1.81 bits per heavy atom. The second kappa shape index (κ2) is 12.2. The van der Waals surface area contributed by atoms with Crippen molar-refractivity contribution in [2.24, 2.45) is 10.9 Å². The second-order valence-electron chi connectivity index (χ2n) is 8.25. The number of hydrogen-bond donors (Lipinski definition) is 2. The Labute approximate surface area is 166 Å². The summed E-state index contributed by atoms with van der Waals surface area (Å²) < 4.78 is 0. The van der Waals surface area contributed by atoms with Gasteiger partial charge in [0.1, 0.15) is 0 Å².